The molecule has 22 heavy (non-hydrogen) atoms. The van der Waals surface area contributed by atoms with Gasteiger partial charge in [0, 0.05) is 25.5 Å². The molecule has 0 aliphatic carbocycles. The summed E-state index contributed by atoms with van der Waals surface area (Å²) in [5.74, 6) is 3.39. The van der Waals surface area contributed by atoms with Crippen molar-refractivity contribution in [2.24, 2.45) is 0 Å². The van der Waals surface area contributed by atoms with E-state index in [9.17, 15) is 4.39 Å². The van der Waals surface area contributed by atoms with Crippen LogP contribution in [0.5, 0.6) is 0 Å². The molecule has 7 heteroatoms. The fourth-order valence-electron chi connectivity index (χ4n) is 2.35. The molecule has 0 aromatic carbocycles. The van der Waals surface area contributed by atoms with Crippen molar-refractivity contribution in [3.8, 4) is 12.3 Å². The van der Waals surface area contributed by atoms with Crippen LogP contribution in [0.25, 0.3) is 0 Å². The summed E-state index contributed by atoms with van der Waals surface area (Å²) >= 11 is 0. The normalized spacial score (nSPS) is 18.1. The lowest BCUT2D eigenvalue weighted by Crippen LogP contribution is -2.53. The number of anilines is 2. The molecule has 0 saturated carbocycles. The zero-order chi connectivity index (χ0) is 15.5. The molecular weight excluding hydrogens is 283 g/mol. The summed E-state index contributed by atoms with van der Waals surface area (Å²) in [6, 6.07) is -0.190. The first-order valence-electron chi connectivity index (χ1n) is 6.91. The monoisotopic (exact) mass is 298 g/mol. The van der Waals surface area contributed by atoms with Gasteiger partial charge in [-0.2, -0.15) is 0 Å². The molecule has 2 aromatic rings. The zero-order valence-electron chi connectivity index (χ0n) is 12.1. The van der Waals surface area contributed by atoms with E-state index in [0.29, 0.717) is 31.5 Å². The SMILES string of the molecule is C#C[C@H]1CN(c2ncc(F)cn2)CCN1c1ncc(C)cn1. The van der Waals surface area contributed by atoms with E-state index in [2.05, 4.69) is 25.9 Å². The third kappa shape index (κ3) is 2.81. The number of hydrogen-bond acceptors (Lipinski definition) is 6. The van der Waals surface area contributed by atoms with Crippen molar-refractivity contribution < 1.29 is 4.39 Å². The van der Waals surface area contributed by atoms with Gasteiger partial charge in [-0.15, -0.1) is 6.42 Å². The summed E-state index contributed by atoms with van der Waals surface area (Å²) in [7, 11) is 0. The molecule has 3 rings (SSSR count). The lowest BCUT2D eigenvalue weighted by molar-refractivity contribution is 0.568. The van der Waals surface area contributed by atoms with Gasteiger partial charge in [0.1, 0.15) is 6.04 Å². The van der Waals surface area contributed by atoms with E-state index in [-0.39, 0.29) is 6.04 Å². The Morgan fingerprint density at radius 2 is 1.73 bits per heavy atom. The summed E-state index contributed by atoms with van der Waals surface area (Å²) in [6.45, 7) is 3.80. The van der Waals surface area contributed by atoms with Crippen molar-refractivity contribution in [3.63, 3.8) is 0 Å². The number of hydrogen-bond donors (Lipinski definition) is 0. The van der Waals surface area contributed by atoms with Crippen molar-refractivity contribution in [1.82, 2.24) is 19.9 Å². The van der Waals surface area contributed by atoms with Crippen LogP contribution in [0.4, 0.5) is 16.3 Å². The van der Waals surface area contributed by atoms with Crippen molar-refractivity contribution in [1.29, 1.82) is 0 Å². The maximum atomic E-state index is 12.9. The van der Waals surface area contributed by atoms with Crippen molar-refractivity contribution in [3.05, 3.63) is 36.2 Å². The van der Waals surface area contributed by atoms with Gasteiger partial charge in [0.25, 0.3) is 0 Å². The number of nitrogens with zero attached hydrogens (tertiary/aromatic N) is 6. The molecule has 1 aliphatic heterocycles. The van der Waals surface area contributed by atoms with E-state index >= 15 is 0 Å². The highest BCUT2D eigenvalue weighted by Gasteiger charge is 2.28. The molecule has 3 heterocycles. The van der Waals surface area contributed by atoms with Crippen molar-refractivity contribution >= 4 is 11.9 Å². The highest BCUT2D eigenvalue weighted by atomic mass is 19.1. The van der Waals surface area contributed by atoms with Crippen LogP contribution in [-0.2, 0) is 0 Å². The summed E-state index contributed by atoms with van der Waals surface area (Å²) in [5.41, 5.74) is 0.999. The highest BCUT2D eigenvalue weighted by Crippen LogP contribution is 2.18. The predicted molar refractivity (Wildman–Crippen MR) is 80.9 cm³/mol. The lowest BCUT2D eigenvalue weighted by Gasteiger charge is -2.38. The average molecular weight is 298 g/mol. The molecule has 6 nitrogen and oxygen atoms in total. The van der Waals surface area contributed by atoms with Gasteiger partial charge in [0.2, 0.25) is 11.9 Å². The third-order valence-electron chi connectivity index (χ3n) is 3.49. The molecule has 1 fully saturated rings. The summed E-state index contributed by atoms with van der Waals surface area (Å²) in [4.78, 5) is 20.6. The van der Waals surface area contributed by atoms with E-state index in [0.717, 1.165) is 18.0 Å². The van der Waals surface area contributed by atoms with Crippen LogP contribution in [-0.4, -0.2) is 45.6 Å². The topological polar surface area (TPSA) is 58.0 Å². The van der Waals surface area contributed by atoms with E-state index < -0.39 is 5.82 Å². The second-order valence-corrected chi connectivity index (χ2v) is 5.08. The third-order valence-corrected chi connectivity index (χ3v) is 3.49. The number of rotatable bonds is 2. The Labute approximate surface area is 128 Å². The Morgan fingerprint density at radius 1 is 1.09 bits per heavy atom. The number of halogens is 1. The largest absolute Gasteiger partial charge is 0.336 e. The molecule has 1 saturated heterocycles. The fourth-order valence-corrected chi connectivity index (χ4v) is 2.35. The second-order valence-electron chi connectivity index (χ2n) is 5.08. The van der Waals surface area contributed by atoms with E-state index in [4.69, 9.17) is 6.42 Å². The van der Waals surface area contributed by atoms with Crippen molar-refractivity contribution in [2.75, 3.05) is 29.4 Å². The molecule has 0 radical (unpaired) electrons. The predicted octanol–water partition coefficient (Wildman–Crippen LogP) is 1.04. The molecule has 1 atom stereocenters. The molecule has 2 aromatic heterocycles. The molecule has 0 bridgehead atoms. The fraction of sp³-hybridized carbons (Fsp3) is 0.333. The molecular formula is C15H15FN6. The van der Waals surface area contributed by atoms with Crippen LogP contribution in [0.1, 0.15) is 5.56 Å². The molecule has 0 unspecified atom stereocenters. The first kappa shape index (κ1) is 14.2. The minimum absolute atomic E-state index is 0.190. The maximum absolute atomic E-state index is 12.9. The van der Waals surface area contributed by atoms with Gasteiger partial charge in [-0.25, -0.2) is 24.3 Å². The van der Waals surface area contributed by atoms with Crippen LogP contribution >= 0.6 is 0 Å². The van der Waals surface area contributed by atoms with Crippen LogP contribution in [0, 0.1) is 25.1 Å². The number of piperazine rings is 1. The average Bonchev–Trinajstić information content (AvgIpc) is 2.56. The van der Waals surface area contributed by atoms with Gasteiger partial charge in [-0.1, -0.05) is 5.92 Å². The minimum Gasteiger partial charge on any atom is -0.336 e. The maximum Gasteiger partial charge on any atom is 0.226 e. The van der Waals surface area contributed by atoms with Gasteiger partial charge in [-0.3, -0.25) is 0 Å². The van der Waals surface area contributed by atoms with Crippen LogP contribution < -0.4 is 9.80 Å². The molecule has 0 amide bonds. The van der Waals surface area contributed by atoms with E-state index in [1.807, 2.05) is 16.7 Å². The zero-order valence-corrected chi connectivity index (χ0v) is 12.1. The summed E-state index contributed by atoms with van der Waals surface area (Å²) < 4.78 is 12.9. The quantitative estimate of drug-likeness (QED) is 0.772. The molecule has 0 spiro atoms. The van der Waals surface area contributed by atoms with Gasteiger partial charge in [0.15, 0.2) is 5.82 Å². The van der Waals surface area contributed by atoms with E-state index in [1.165, 1.54) is 0 Å². The number of terminal acetylenes is 1. The molecule has 1 aliphatic rings. The minimum atomic E-state index is -0.455. The van der Waals surface area contributed by atoms with Crippen LogP contribution in [0.3, 0.4) is 0 Å². The second kappa shape index (κ2) is 5.93. The standard InChI is InChI=1S/C15H15FN6/c1-3-13-10-21(14-19-8-12(16)9-20-14)4-5-22(13)15-17-6-11(2)7-18-15/h1,6-9,13H,4-5,10H2,2H3/t13-/m0/s1. The highest BCUT2D eigenvalue weighted by molar-refractivity contribution is 5.42. The lowest BCUT2D eigenvalue weighted by atomic mass is 10.2. The Hall–Kier alpha value is -2.75. The number of aryl methyl sites for hydroxylation is 1. The number of aromatic nitrogens is 4. The Bertz CT molecular complexity index is 679. The summed E-state index contributed by atoms with van der Waals surface area (Å²) in [5, 5.41) is 0. The Morgan fingerprint density at radius 3 is 2.36 bits per heavy atom. The van der Waals surface area contributed by atoms with Gasteiger partial charge >= 0.3 is 0 Å². The summed E-state index contributed by atoms with van der Waals surface area (Å²) in [6.07, 6.45) is 11.5. The van der Waals surface area contributed by atoms with Gasteiger partial charge in [0.05, 0.1) is 18.9 Å². The van der Waals surface area contributed by atoms with Gasteiger partial charge in [-0.05, 0) is 12.5 Å². The Kier molecular flexibility index (Phi) is 3.83. The van der Waals surface area contributed by atoms with Crippen molar-refractivity contribution in [2.45, 2.75) is 13.0 Å². The molecule has 0 N–H and O–H groups in total. The Balaban J connectivity index is 1.78. The van der Waals surface area contributed by atoms with E-state index in [1.54, 1.807) is 12.4 Å². The molecule has 112 valence electrons. The van der Waals surface area contributed by atoms with Crippen LogP contribution in [0.2, 0.25) is 0 Å². The first-order valence-corrected chi connectivity index (χ1v) is 6.91. The van der Waals surface area contributed by atoms with Gasteiger partial charge < -0.3 is 9.80 Å². The first-order chi connectivity index (χ1) is 10.7. The smallest absolute Gasteiger partial charge is 0.226 e. The van der Waals surface area contributed by atoms with Crippen LogP contribution in [0.15, 0.2) is 24.8 Å².